The van der Waals surface area contributed by atoms with Gasteiger partial charge < -0.3 is 15.7 Å². The van der Waals surface area contributed by atoms with E-state index in [1.54, 1.807) is 6.92 Å². The lowest BCUT2D eigenvalue weighted by atomic mass is 9.92. The van der Waals surface area contributed by atoms with E-state index < -0.39 is 24.1 Å². The number of nitrogens with one attached hydrogen (secondary N) is 2. The first-order valence-corrected chi connectivity index (χ1v) is 13.3. The second kappa shape index (κ2) is 15.2. The number of Topliss-reactive ketones (excluding diaryl/α,β-unsaturated/α-hetero) is 1. The topological polar surface area (TPSA) is 167 Å². The number of carbonyl (C=O) groups is 5. The van der Waals surface area contributed by atoms with Gasteiger partial charge in [0.25, 0.3) is 5.91 Å². The van der Waals surface area contributed by atoms with Crippen LogP contribution in [0.15, 0.2) is 12.1 Å². The van der Waals surface area contributed by atoms with E-state index in [0.29, 0.717) is 34.4 Å². The molecule has 16 heteroatoms. The first kappa shape index (κ1) is 34.0. The average Bonchev–Trinajstić information content (AvgIpc) is 3.37. The Morgan fingerprint density at radius 2 is 1.64 bits per heavy atom. The third kappa shape index (κ3) is 9.44. The molecule has 0 radical (unpaired) electrons. The van der Waals surface area contributed by atoms with Gasteiger partial charge in [0.05, 0.1) is 11.4 Å². The molecule has 0 unspecified atom stereocenters. The predicted octanol–water partition coefficient (Wildman–Crippen LogP) is 3.48. The number of hydrogen-bond donors (Lipinski definition) is 3. The molecule has 0 saturated heterocycles. The van der Waals surface area contributed by atoms with Gasteiger partial charge in [0.15, 0.2) is 5.78 Å². The van der Waals surface area contributed by atoms with E-state index in [-0.39, 0.29) is 29.7 Å². The van der Waals surface area contributed by atoms with E-state index in [9.17, 15) is 32.3 Å². The lowest BCUT2D eigenvalue weighted by molar-refractivity contribution is -0.223. The summed E-state index contributed by atoms with van der Waals surface area (Å²) in [5.41, 5.74) is 2.41. The molecule has 3 N–H and O–H groups in total. The first-order chi connectivity index (χ1) is 19.7. The van der Waals surface area contributed by atoms with Crippen LogP contribution in [0.5, 0.6) is 11.5 Å². The van der Waals surface area contributed by atoms with Crippen molar-refractivity contribution in [2.75, 3.05) is 13.1 Å². The number of carboxylic acid groups (broad SMARTS) is 1. The third-order valence-electron chi connectivity index (χ3n) is 5.55. The maximum absolute atomic E-state index is 13.3. The number of alkyl halides is 3. The van der Waals surface area contributed by atoms with Crippen molar-refractivity contribution in [1.29, 1.82) is 0 Å². The third-order valence-corrected chi connectivity index (χ3v) is 6.78. The Labute approximate surface area is 241 Å². The van der Waals surface area contributed by atoms with Gasteiger partial charge in [-0.1, -0.05) is 13.8 Å². The van der Waals surface area contributed by atoms with Crippen molar-refractivity contribution < 1.29 is 61.8 Å². The largest absolute Gasteiger partial charge is 0.490 e. The minimum absolute atomic E-state index is 0.0199. The Hall–Kier alpha value is -4.18. The second-order valence-corrected chi connectivity index (χ2v) is 9.77. The van der Waals surface area contributed by atoms with E-state index in [1.165, 1.54) is 22.3 Å². The van der Waals surface area contributed by atoms with Crippen molar-refractivity contribution in [3.8, 4) is 11.5 Å². The summed E-state index contributed by atoms with van der Waals surface area (Å²) in [5.74, 6) is -4.93. The minimum Gasteiger partial charge on any atom is -0.475 e. The number of aliphatic carboxylic acids is 1. The highest BCUT2D eigenvalue weighted by atomic mass is 32.1. The maximum Gasteiger partial charge on any atom is 0.490 e. The standard InChI is InChI=1S/C24H28N2O8S.C2HF3O2/c1-5-15-9-19(33-31-13(3)27)23(34-32-14(4)28)17(6-2)22(15)18(29)12-26-24(30)21-10-16-11-25-8-7-20(16)35-21;3-2(4,5)1(6)7/h9-10,25H,5-8,11-12H2,1-4H3,(H,26,30);(H,6,7). The minimum atomic E-state index is -5.08. The quantitative estimate of drug-likeness (QED) is 0.203. The number of carbonyl (C=O) groups excluding carboxylic acids is 4. The summed E-state index contributed by atoms with van der Waals surface area (Å²) in [6, 6.07) is 3.34. The molecule has 1 aliphatic rings. The molecule has 0 aliphatic carbocycles. The van der Waals surface area contributed by atoms with Gasteiger partial charge in [-0.25, -0.2) is 14.4 Å². The van der Waals surface area contributed by atoms with Crippen LogP contribution >= 0.6 is 11.3 Å². The fourth-order valence-corrected chi connectivity index (χ4v) is 4.87. The molecule has 0 saturated carbocycles. The Balaban J connectivity index is 0.000000782. The van der Waals surface area contributed by atoms with Crippen molar-refractivity contribution >= 4 is 40.9 Å². The number of hydrogen-bond acceptors (Lipinski definition) is 11. The number of benzene rings is 1. The lowest BCUT2D eigenvalue weighted by Gasteiger charge is -2.18. The van der Waals surface area contributed by atoms with Crippen molar-refractivity contribution in [2.24, 2.45) is 0 Å². The zero-order valence-corrected chi connectivity index (χ0v) is 23.9. The van der Waals surface area contributed by atoms with Gasteiger partial charge in [-0.3, -0.25) is 29.1 Å². The van der Waals surface area contributed by atoms with Crippen LogP contribution in [0.1, 0.15) is 69.3 Å². The normalized spacial score (nSPS) is 12.2. The zero-order valence-electron chi connectivity index (χ0n) is 23.1. The van der Waals surface area contributed by atoms with Crippen molar-refractivity contribution in [3.63, 3.8) is 0 Å². The van der Waals surface area contributed by atoms with Crippen molar-refractivity contribution in [2.45, 2.75) is 59.7 Å². The lowest BCUT2D eigenvalue weighted by Crippen LogP contribution is -2.30. The summed E-state index contributed by atoms with van der Waals surface area (Å²) >= 11 is 1.44. The predicted molar refractivity (Wildman–Crippen MR) is 140 cm³/mol. The highest BCUT2D eigenvalue weighted by molar-refractivity contribution is 7.14. The van der Waals surface area contributed by atoms with Crippen LogP contribution in [0.25, 0.3) is 0 Å². The summed E-state index contributed by atoms with van der Waals surface area (Å²) in [4.78, 5) is 78.8. The summed E-state index contributed by atoms with van der Waals surface area (Å²) in [6.07, 6.45) is -3.46. The monoisotopic (exact) mass is 618 g/mol. The van der Waals surface area contributed by atoms with Gasteiger partial charge in [-0.05, 0) is 42.5 Å². The molecule has 0 spiro atoms. The molecular formula is C26H29F3N2O10S. The first-order valence-electron chi connectivity index (χ1n) is 12.5. The van der Waals surface area contributed by atoms with E-state index in [2.05, 4.69) is 20.4 Å². The molecule has 3 rings (SSSR count). The molecule has 0 fully saturated rings. The average molecular weight is 619 g/mol. The van der Waals surface area contributed by atoms with Gasteiger partial charge in [0.1, 0.15) is 0 Å². The summed E-state index contributed by atoms with van der Waals surface area (Å²) < 4.78 is 31.7. The van der Waals surface area contributed by atoms with Gasteiger partial charge in [-0.2, -0.15) is 13.2 Å². The number of ketones is 1. The molecule has 1 aliphatic heterocycles. The molecule has 12 nitrogen and oxygen atoms in total. The SMILES string of the molecule is CCc1cc(OOC(C)=O)c(OOC(C)=O)c(CC)c1C(=O)CNC(=O)c1cc2c(s1)CCNC2.O=C(O)C(F)(F)F. The number of aryl methyl sites for hydroxylation is 1. The van der Waals surface area contributed by atoms with Crippen molar-refractivity contribution in [1.82, 2.24) is 10.6 Å². The van der Waals surface area contributed by atoms with E-state index in [0.717, 1.165) is 38.9 Å². The number of fused-ring (bicyclic) bond motifs is 1. The summed E-state index contributed by atoms with van der Waals surface area (Å²) in [5, 5.41) is 13.1. The molecule has 1 aromatic heterocycles. The highest BCUT2D eigenvalue weighted by Gasteiger charge is 2.38. The van der Waals surface area contributed by atoms with Crippen molar-refractivity contribution in [3.05, 3.63) is 44.1 Å². The Kier molecular flexibility index (Phi) is 12.3. The number of thiophene rings is 1. The molecule has 2 aromatic rings. The molecular weight excluding hydrogens is 589 g/mol. The molecule has 0 atom stereocenters. The second-order valence-electron chi connectivity index (χ2n) is 8.63. The van der Waals surface area contributed by atoms with E-state index in [1.807, 2.05) is 13.0 Å². The highest BCUT2D eigenvalue weighted by Crippen LogP contribution is 2.38. The van der Waals surface area contributed by atoms with Gasteiger partial charge in [-0.15, -0.1) is 11.3 Å². The fraction of sp³-hybridized carbons (Fsp3) is 0.423. The van der Waals surface area contributed by atoms with E-state index >= 15 is 0 Å². The van der Waals surface area contributed by atoms with Crippen LogP contribution in [-0.4, -0.2) is 54.0 Å². The van der Waals surface area contributed by atoms with Crippen LogP contribution in [0.2, 0.25) is 0 Å². The molecule has 42 heavy (non-hydrogen) atoms. The number of carboxylic acids is 1. The zero-order chi connectivity index (χ0) is 31.6. The Morgan fingerprint density at radius 1 is 1.02 bits per heavy atom. The van der Waals surface area contributed by atoms with Gasteiger partial charge >= 0.3 is 24.1 Å². The van der Waals surface area contributed by atoms with Crippen LogP contribution in [0, 0.1) is 0 Å². The molecule has 230 valence electrons. The Bertz CT molecular complexity index is 1320. The van der Waals surface area contributed by atoms with Gasteiger partial charge in [0, 0.05) is 42.9 Å². The Morgan fingerprint density at radius 3 is 2.17 bits per heavy atom. The maximum atomic E-state index is 13.3. The smallest absolute Gasteiger partial charge is 0.475 e. The van der Waals surface area contributed by atoms with Crippen LogP contribution in [0.3, 0.4) is 0 Å². The molecule has 2 heterocycles. The van der Waals surface area contributed by atoms with Crippen LogP contribution < -0.4 is 20.4 Å². The van der Waals surface area contributed by atoms with E-state index in [4.69, 9.17) is 19.7 Å². The summed E-state index contributed by atoms with van der Waals surface area (Å²) in [6.45, 7) is 7.30. The summed E-state index contributed by atoms with van der Waals surface area (Å²) in [7, 11) is 0. The molecule has 0 bridgehead atoms. The number of amides is 1. The number of halogens is 3. The molecule has 1 aromatic carbocycles. The van der Waals surface area contributed by atoms with Crippen LogP contribution in [-0.2, 0) is 50.0 Å². The number of rotatable bonds is 10. The van der Waals surface area contributed by atoms with Gasteiger partial charge in [0.2, 0.25) is 11.5 Å². The molecule has 1 amide bonds. The fourth-order valence-electron chi connectivity index (χ4n) is 3.77. The van der Waals surface area contributed by atoms with Crippen LogP contribution in [0.4, 0.5) is 13.2 Å².